The molecule has 1 spiro atoms. The Morgan fingerprint density at radius 2 is 1.89 bits per heavy atom. The predicted octanol–water partition coefficient (Wildman–Crippen LogP) is 4.38. The quantitative estimate of drug-likeness (QED) is 0.651. The van der Waals surface area contributed by atoms with Crippen LogP contribution in [0.2, 0.25) is 0 Å². The van der Waals surface area contributed by atoms with Gasteiger partial charge in [0.2, 0.25) is 0 Å². The highest BCUT2D eigenvalue weighted by atomic mass is 32.1. The van der Waals surface area contributed by atoms with Crippen LogP contribution in [0.25, 0.3) is 0 Å². The summed E-state index contributed by atoms with van der Waals surface area (Å²) >= 11 is 0.603. The van der Waals surface area contributed by atoms with E-state index in [9.17, 15) is 22.8 Å². The van der Waals surface area contributed by atoms with E-state index >= 15 is 0 Å². The molecular formula is C18H22F3NO4S. The van der Waals surface area contributed by atoms with Crippen molar-refractivity contribution in [2.75, 3.05) is 19.7 Å². The van der Waals surface area contributed by atoms with Gasteiger partial charge in [-0.05, 0) is 45.6 Å². The molecule has 27 heavy (non-hydrogen) atoms. The van der Waals surface area contributed by atoms with E-state index in [1.165, 1.54) is 0 Å². The van der Waals surface area contributed by atoms with Crippen LogP contribution in [0.1, 0.15) is 59.3 Å². The van der Waals surface area contributed by atoms with Crippen LogP contribution in [0.4, 0.5) is 18.0 Å². The number of thiophene rings is 1. The molecule has 150 valence electrons. The lowest BCUT2D eigenvalue weighted by Crippen LogP contribution is -2.49. The second kappa shape index (κ2) is 6.77. The molecular weight excluding hydrogens is 383 g/mol. The van der Waals surface area contributed by atoms with Gasteiger partial charge in [0.15, 0.2) is 6.29 Å². The third-order valence-electron chi connectivity index (χ3n) is 4.79. The molecule has 3 rings (SSSR count). The molecule has 5 nitrogen and oxygen atoms in total. The number of carbonyl (C=O) groups excluding carboxylic acids is 2. The van der Waals surface area contributed by atoms with Gasteiger partial charge in [-0.3, -0.25) is 4.79 Å². The minimum absolute atomic E-state index is 0.258. The molecule has 3 heterocycles. The van der Waals surface area contributed by atoms with Gasteiger partial charge in [0.1, 0.15) is 16.1 Å². The first kappa shape index (κ1) is 20.1. The van der Waals surface area contributed by atoms with Crippen LogP contribution in [0.3, 0.4) is 0 Å². The lowest BCUT2D eigenvalue weighted by molar-refractivity contribution is -0.134. The van der Waals surface area contributed by atoms with E-state index < -0.39 is 28.3 Å². The summed E-state index contributed by atoms with van der Waals surface area (Å²) in [6, 6.07) is 0. The Balaban J connectivity index is 1.86. The van der Waals surface area contributed by atoms with Crippen LogP contribution >= 0.6 is 11.3 Å². The van der Waals surface area contributed by atoms with Crippen LogP contribution in [0, 0.1) is 0 Å². The van der Waals surface area contributed by atoms with Gasteiger partial charge in [0.25, 0.3) is 0 Å². The zero-order valence-corrected chi connectivity index (χ0v) is 16.3. The summed E-state index contributed by atoms with van der Waals surface area (Å²) in [5.74, 6) is 0. The number of aldehydes is 1. The number of hydrogen-bond acceptors (Lipinski definition) is 5. The number of carbonyl (C=O) groups is 2. The van der Waals surface area contributed by atoms with E-state index in [1.807, 2.05) is 0 Å². The minimum Gasteiger partial charge on any atom is -0.444 e. The number of alkyl halides is 3. The zero-order chi connectivity index (χ0) is 20.0. The first-order chi connectivity index (χ1) is 12.5. The third kappa shape index (κ3) is 3.85. The number of piperidine rings is 1. The van der Waals surface area contributed by atoms with Crippen LogP contribution in [-0.4, -0.2) is 42.6 Å². The molecule has 1 aromatic heterocycles. The molecule has 1 saturated heterocycles. The number of fused-ring (bicyclic) bond motifs is 2. The Bertz CT molecular complexity index is 743. The molecule has 9 heteroatoms. The van der Waals surface area contributed by atoms with E-state index in [-0.39, 0.29) is 18.6 Å². The van der Waals surface area contributed by atoms with Crippen molar-refractivity contribution in [3.05, 3.63) is 20.9 Å². The van der Waals surface area contributed by atoms with Crippen molar-refractivity contribution in [3.8, 4) is 0 Å². The number of nitrogens with zero attached hydrogens (tertiary/aromatic N) is 1. The fraction of sp³-hybridized carbons (Fsp3) is 0.667. The molecule has 0 saturated carbocycles. The summed E-state index contributed by atoms with van der Waals surface area (Å²) < 4.78 is 51.3. The maximum atomic E-state index is 13.3. The van der Waals surface area contributed by atoms with E-state index in [0.29, 0.717) is 54.0 Å². The van der Waals surface area contributed by atoms with E-state index in [4.69, 9.17) is 9.47 Å². The van der Waals surface area contributed by atoms with Crippen LogP contribution in [0.5, 0.6) is 0 Å². The van der Waals surface area contributed by atoms with Crippen LogP contribution in [0.15, 0.2) is 0 Å². The number of ether oxygens (including phenoxy) is 2. The maximum Gasteiger partial charge on any atom is 0.426 e. The second-order valence-electron chi connectivity index (χ2n) is 7.83. The predicted molar refractivity (Wildman–Crippen MR) is 93.1 cm³/mol. The van der Waals surface area contributed by atoms with E-state index in [0.717, 1.165) is 0 Å². The van der Waals surface area contributed by atoms with E-state index in [1.54, 1.807) is 25.7 Å². The normalized spacial score (nSPS) is 19.7. The van der Waals surface area contributed by atoms with Crippen molar-refractivity contribution in [2.45, 2.75) is 57.4 Å². The summed E-state index contributed by atoms with van der Waals surface area (Å²) in [6.07, 6.45) is -3.69. The van der Waals surface area contributed by atoms with Crippen molar-refractivity contribution < 1.29 is 32.2 Å². The maximum absolute atomic E-state index is 13.3. The molecule has 0 bridgehead atoms. The Kier molecular flexibility index (Phi) is 5.05. The van der Waals surface area contributed by atoms with Crippen molar-refractivity contribution in [1.29, 1.82) is 0 Å². The lowest BCUT2D eigenvalue weighted by atomic mass is 9.84. The fourth-order valence-corrected chi connectivity index (χ4v) is 4.98. The zero-order valence-electron chi connectivity index (χ0n) is 15.4. The smallest absolute Gasteiger partial charge is 0.426 e. The first-order valence-corrected chi connectivity index (χ1v) is 9.59. The number of likely N-dealkylation sites (tertiary alicyclic amines) is 1. The first-order valence-electron chi connectivity index (χ1n) is 8.77. The molecule has 0 aromatic carbocycles. The highest BCUT2D eigenvalue weighted by Gasteiger charge is 2.48. The molecule has 1 fully saturated rings. The van der Waals surface area contributed by atoms with Gasteiger partial charge in [-0.25, -0.2) is 4.79 Å². The van der Waals surface area contributed by atoms with Gasteiger partial charge in [-0.1, -0.05) is 0 Å². The molecule has 0 unspecified atom stereocenters. The molecule has 1 aromatic rings. The van der Waals surface area contributed by atoms with Crippen molar-refractivity contribution >= 4 is 23.7 Å². The number of amides is 1. The van der Waals surface area contributed by atoms with Gasteiger partial charge in [0, 0.05) is 23.5 Å². The highest BCUT2D eigenvalue weighted by molar-refractivity contribution is 7.12. The fourth-order valence-electron chi connectivity index (χ4n) is 3.59. The minimum atomic E-state index is -4.57. The summed E-state index contributed by atoms with van der Waals surface area (Å²) in [4.78, 5) is 24.8. The number of hydrogen-bond donors (Lipinski definition) is 0. The SMILES string of the molecule is CC(C)(C)OC(=O)N1CCC2(CC1)OCCc1c2sc(C(F)(F)F)c1C=O. The average molecular weight is 405 g/mol. The number of rotatable bonds is 1. The van der Waals surface area contributed by atoms with Gasteiger partial charge in [0.05, 0.1) is 6.61 Å². The summed E-state index contributed by atoms with van der Waals surface area (Å²) in [7, 11) is 0. The highest BCUT2D eigenvalue weighted by Crippen LogP contribution is 2.50. The van der Waals surface area contributed by atoms with E-state index in [2.05, 4.69) is 0 Å². The number of halogens is 3. The molecule has 0 atom stereocenters. The molecule has 0 radical (unpaired) electrons. The van der Waals surface area contributed by atoms with Crippen molar-refractivity contribution in [2.24, 2.45) is 0 Å². The van der Waals surface area contributed by atoms with Crippen molar-refractivity contribution in [3.63, 3.8) is 0 Å². The topological polar surface area (TPSA) is 55.8 Å². The molecule has 0 aliphatic carbocycles. The van der Waals surface area contributed by atoms with Gasteiger partial charge < -0.3 is 14.4 Å². The average Bonchev–Trinajstić information content (AvgIpc) is 2.94. The summed E-state index contributed by atoms with van der Waals surface area (Å²) in [6.45, 7) is 6.23. The third-order valence-corrected chi connectivity index (χ3v) is 6.27. The van der Waals surface area contributed by atoms with Gasteiger partial charge in [-0.15, -0.1) is 11.3 Å². The summed E-state index contributed by atoms with van der Waals surface area (Å²) in [5, 5.41) is 0. The monoisotopic (exact) mass is 405 g/mol. The Morgan fingerprint density at radius 3 is 2.41 bits per heavy atom. The Morgan fingerprint density at radius 1 is 1.26 bits per heavy atom. The second-order valence-corrected chi connectivity index (χ2v) is 8.85. The molecule has 2 aliphatic heterocycles. The Labute approximate surface area is 159 Å². The Hall–Kier alpha value is -1.61. The largest absolute Gasteiger partial charge is 0.444 e. The van der Waals surface area contributed by atoms with Crippen LogP contribution in [-0.2, 0) is 27.7 Å². The lowest BCUT2D eigenvalue weighted by Gasteiger charge is -2.43. The molecule has 0 N–H and O–H groups in total. The standard InChI is InChI=1S/C18H22F3NO4S/c1-16(2,3)26-15(24)22-7-5-17(6-8-22)13-11(4-9-25-17)12(10-23)14(27-13)18(19,20)21/h10H,4-9H2,1-3H3. The molecule has 2 aliphatic rings. The van der Waals surface area contributed by atoms with Crippen LogP contribution < -0.4 is 0 Å². The molecule has 1 amide bonds. The van der Waals surface area contributed by atoms with Gasteiger partial charge >= 0.3 is 12.3 Å². The summed E-state index contributed by atoms with van der Waals surface area (Å²) in [5.41, 5.74) is -1.31. The van der Waals surface area contributed by atoms with Crippen molar-refractivity contribution in [1.82, 2.24) is 4.90 Å². The van der Waals surface area contributed by atoms with Gasteiger partial charge in [-0.2, -0.15) is 13.2 Å².